The molecule has 0 aliphatic rings. The van der Waals surface area contributed by atoms with E-state index >= 15 is 0 Å². The van der Waals surface area contributed by atoms with Crippen LogP contribution in [-0.2, 0) is 0 Å². The fraction of sp³-hybridized carbons (Fsp3) is 0.0833. The molecule has 76 valence electrons. The van der Waals surface area contributed by atoms with Gasteiger partial charge in [-0.05, 0) is 37.3 Å². The van der Waals surface area contributed by atoms with Crippen molar-refractivity contribution in [3.8, 4) is 0 Å². The lowest BCUT2D eigenvalue weighted by molar-refractivity contribution is 1.20. The van der Waals surface area contributed by atoms with Crippen LogP contribution in [0.4, 0.5) is 11.4 Å². The molecule has 0 bridgehead atoms. The van der Waals surface area contributed by atoms with Gasteiger partial charge in [0.1, 0.15) is 0 Å². The second-order valence-corrected chi connectivity index (χ2v) is 3.71. The molecule has 1 aromatic heterocycles. The number of aryl methyl sites for hydroxylation is 1. The standard InChI is InChI=1S/C12H11ClN2/c1-9-12(6-3-7-14-9)15-11-5-2-4-10(13)8-11/h2-8,15H,1H3. The molecule has 0 saturated carbocycles. The highest BCUT2D eigenvalue weighted by molar-refractivity contribution is 6.30. The van der Waals surface area contributed by atoms with Gasteiger partial charge in [0.25, 0.3) is 0 Å². The Labute approximate surface area is 93.9 Å². The van der Waals surface area contributed by atoms with Crippen molar-refractivity contribution in [1.82, 2.24) is 4.98 Å². The summed E-state index contributed by atoms with van der Waals surface area (Å²) >= 11 is 5.90. The van der Waals surface area contributed by atoms with E-state index in [1.165, 1.54) is 0 Å². The van der Waals surface area contributed by atoms with Crippen LogP contribution in [0.2, 0.25) is 5.02 Å². The van der Waals surface area contributed by atoms with E-state index in [2.05, 4.69) is 10.3 Å². The van der Waals surface area contributed by atoms with Crippen LogP contribution < -0.4 is 5.32 Å². The third-order valence-electron chi connectivity index (χ3n) is 2.11. The third kappa shape index (κ3) is 2.48. The number of hydrogen-bond donors (Lipinski definition) is 1. The molecule has 0 spiro atoms. The van der Waals surface area contributed by atoms with Gasteiger partial charge in [-0.2, -0.15) is 0 Å². The van der Waals surface area contributed by atoms with Crippen molar-refractivity contribution in [3.63, 3.8) is 0 Å². The van der Waals surface area contributed by atoms with E-state index < -0.39 is 0 Å². The summed E-state index contributed by atoms with van der Waals surface area (Å²) in [6, 6.07) is 11.5. The largest absolute Gasteiger partial charge is 0.354 e. The van der Waals surface area contributed by atoms with Gasteiger partial charge in [0.2, 0.25) is 0 Å². The van der Waals surface area contributed by atoms with E-state index in [-0.39, 0.29) is 0 Å². The molecule has 0 saturated heterocycles. The molecule has 3 heteroatoms. The first kappa shape index (κ1) is 9.99. The van der Waals surface area contributed by atoms with Crippen molar-refractivity contribution in [2.75, 3.05) is 5.32 Å². The van der Waals surface area contributed by atoms with E-state index in [4.69, 9.17) is 11.6 Å². The van der Waals surface area contributed by atoms with E-state index in [0.717, 1.165) is 22.1 Å². The Morgan fingerprint density at radius 1 is 1.20 bits per heavy atom. The van der Waals surface area contributed by atoms with Crippen molar-refractivity contribution in [2.45, 2.75) is 6.92 Å². The maximum absolute atomic E-state index is 5.90. The van der Waals surface area contributed by atoms with Crippen LogP contribution in [0.25, 0.3) is 0 Å². The van der Waals surface area contributed by atoms with Gasteiger partial charge in [0.05, 0.1) is 11.4 Å². The molecule has 2 nitrogen and oxygen atoms in total. The molecule has 0 aliphatic carbocycles. The van der Waals surface area contributed by atoms with Crippen LogP contribution in [-0.4, -0.2) is 4.98 Å². The Kier molecular flexibility index (Phi) is 2.88. The molecule has 1 heterocycles. The molecule has 0 amide bonds. The number of aromatic nitrogens is 1. The number of nitrogens with one attached hydrogen (secondary N) is 1. The predicted molar refractivity (Wildman–Crippen MR) is 63.7 cm³/mol. The zero-order valence-corrected chi connectivity index (χ0v) is 9.12. The highest BCUT2D eigenvalue weighted by atomic mass is 35.5. The second kappa shape index (κ2) is 4.32. The first-order chi connectivity index (χ1) is 7.25. The lowest BCUT2D eigenvalue weighted by Crippen LogP contribution is -1.94. The SMILES string of the molecule is Cc1ncccc1Nc1cccc(Cl)c1. The van der Waals surface area contributed by atoms with E-state index in [1.807, 2.05) is 43.3 Å². The molecule has 2 aromatic rings. The summed E-state index contributed by atoms with van der Waals surface area (Å²) in [6.45, 7) is 1.97. The van der Waals surface area contributed by atoms with E-state index in [0.29, 0.717) is 0 Å². The first-order valence-corrected chi connectivity index (χ1v) is 5.08. The monoisotopic (exact) mass is 218 g/mol. The molecule has 0 aliphatic heterocycles. The summed E-state index contributed by atoms with van der Waals surface area (Å²) in [7, 11) is 0. The lowest BCUT2D eigenvalue weighted by Gasteiger charge is -2.08. The van der Waals surface area contributed by atoms with Gasteiger partial charge < -0.3 is 5.32 Å². The minimum atomic E-state index is 0.724. The minimum Gasteiger partial charge on any atom is -0.354 e. The Morgan fingerprint density at radius 3 is 2.80 bits per heavy atom. The maximum Gasteiger partial charge on any atom is 0.0607 e. The summed E-state index contributed by atoms with van der Waals surface area (Å²) < 4.78 is 0. The summed E-state index contributed by atoms with van der Waals surface area (Å²) in [4.78, 5) is 4.20. The van der Waals surface area contributed by atoms with Crippen LogP contribution in [0.15, 0.2) is 42.6 Å². The smallest absolute Gasteiger partial charge is 0.0607 e. The van der Waals surface area contributed by atoms with E-state index in [1.54, 1.807) is 6.20 Å². The quantitative estimate of drug-likeness (QED) is 0.830. The first-order valence-electron chi connectivity index (χ1n) is 4.70. The number of nitrogens with zero attached hydrogens (tertiary/aromatic N) is 1. The van der Waals surface area contributed by atoms with Gasteiger partial charge >= 0.3 is 0 Å². The van der Waals surface area contributed by atoms with Gasteiger partial charge in [0, 0.05) is 16.9 Å². The average molecular weight is 219 g/mol. The third-order valence-corrected chi connectivity index (χ3v) is 2.35. The topological polar surface area (TPSA) is 24.9 Å². The van der Waals surface area contributed by atoms with Gasteiger partial charge in [-0.25, -0.2) is 0 Å². The molecule has 15 heavy (non-hydrogen) atoms. The summed E-state index contributed by atoms with van der Waals surface area (Å²) in [5.41, 5.74) is 2.94. The molecule has 0 unspecified atom stereocenters. The maximum atomic E-state index is 5.90. The van der Waals surface area contributed by atoms with E-state index in [9.17, 15) is 0 Å². The number of anilines is 2. The van der Waals surface area contributed by atoms with Crippen LogP contribution in [0.5, 0.6) is 0 Å². The fourth-order valence-corrected chi connectivity index (χ4v) is 1.53. The van der Waals surface area contributed by atoms with Crippen LogP contribution in [0, 0.1) is 6.92 Å². The molecule has 2 rings (SSSR count). The Balaban J connectivity index is 2.26. The number of benzene rings is 1. The fourth-order valence-electron chi connectivity index (χ4n) is 1.34. The van der Waals surface area contributed by atoms with Gasteiger partial charge in [-0.15, -0.1) is 0 Å². The van der Waals surface area contributed by atoms with Crippen LogP contribution >= 0.6 is 11.6 Å². The Hall–Kier alpha value is -1.54. The van der Waals surface area contributed by atoms with Gasteiger partial charge in [-0.3, -0.25) is 4.98 Å². The number of pyridine rings is 1. The normalized spacial score (nSPS) is 10.0. The molecule has 1 aromatic carbocycles. The zero-order valence-electron chi connectivity index (χ0n) is 8.37. The average Bonchev–Trinajstić information content (AvgIpc) is 2.22. The number of rotatable bonds is 2. The molecular weight excluding hydrogens is 208 g/mol. The number of halogens is 1. The molecule has 1 N–H and O–H groups in total. The van der Waals surface area contributed by atoms with Crippen molar-refractivity contribution < 1.29 is 0 Å². The summed E-state index contributed by atoms with van der Waals surface area (Å²) in [5, 5.41) is 3.99. The molecule has 0 radical (unpaired) electrons. The van der Waals surface area contributed by atoms with Crippen molar-refractivity contribution in [1.29, 1.82) is 0 Å². The van der Waals surface area contributed by atoms with Crippen molar-refractivity contribution >= 4 is 23.0 Å². The Bertz CT molecular complexity index is 469. The minimum absolute atomic E-state index is 0.724. The van der Waals surface area contributed by atoms with Gasteiger partial charge in [0.15, 0.2) is 0 Å². The van der Waals surface area contributed by atoms with Crippen molar-refractivity contribution in [3.05, 3.63) is 53.3 Å². The van der Waals surface area contributed by atoms with Gasteiger partial charge in [-0.1, -0.05) is 17.7 Å². The Morgan fingerprint density at radius 2 is 2.07 bits per heavy atom. The highest BCUT2D eigenvalue weighted by Crippen LogP contribution is 2.21. The highest BCUT2D eigenvalue weighted by Gasteiger charge is 1.98. The lowest BCUT2D eigenvalue weighted by atomic mass is 10.2. The predicted octanol–water partition coefficient (Wildman–Crippen LogP) is 3.79. The van der Waals surface area contributed by atoms with Crippen LogP contribution in [0.3, 0.4) is 0 Å². The molecule has 0 fully saturated rings. The zero-order chi connectivity index (χ0) is 10.7. The number of hydrogen-bond acceptors (Lipinski definition) is 2. The second-order valence-electron chi connectivity index (χ2n) is 3.27. The van der Waals surface area contributed by atoms with Crippen molar-refractivity contribution in [2.24, 2.45) is 0 Å². The molecular formula is C12H11ClN2. The summed E-state index contributed by atoms with van der Waals surface area (Å²) in [5.74, 6) is 0. The molecule has 0 atom stereocenters. The van der Waals surface area contributed by atoms with Crippen LogP contribution in [0.1, 0.15) is 5.69 Å². The summed E-state index contributed by atoms with van der Waals surface area (Å²) in [6.07, 6.45) is 1.78.